The Morgan fingerprint density at radius 1 is 0.889 bits per heavy atom. The second kappa shape index (κ2) is 9.76. The van der Waals surface area contributed by atoms with Gasteiger partial charge < -0.3 is 14.8 Å². The fourth-order valence-corrected chi connectivity index (χ4v) is 3.07. The highest BCUT2D eigenvalue weighted by Crippen LogP contribution is 2.41. The SMILES string of the molecule is COCCCNCCC1(CCOC)CCCCC1. The predicted octanol–water partition coefficient (Wildman–Crippen LogP) is 2.99. The summed E-state index contributed by atoms with van der Waals surface area (Å²) in [6, 6.07) is 0. The summed E-state index contributed by atoms with van der Waals surface area (Å²) in [6.07, 6.45) is 10.7. The number of methoxy groups -OCH3 is 2. The fourth-order valence-electron chi connectivity index (χ4n) is 3.07. The molecule has 0 aliphatic heterocycles. The van der Waals surface area contributed by atoms with Gasteiger partial charge in [-0.15, -0.1) is 0 Å². The Balaban J connectivity index is 2.19. The topological polar surface area (TPSA) is 30.5 Å². The predicted molar refractivity (Wildman–Crippen MR) is 76.0 cm³/mol. The molecule has 0 bridgehead atoms. The molecule has 108 valence electrons. The van der Waals surface area contributed by atoms with E-state index in [2.05, 4.69) is 5.32 Å². The zero-order valence-electron chi connectivity index (χ0n) is 12.3. The molecule has 0 aromatic carbocycles. The van der Waals surface area contributed by atoms with Gasteiger partial charge in [0.2, 0.25) is 0 Å². The lowest BCUT2D eigenvalue weighted by Gasteiger charge is -2.37. The summed E-state index contributed by atoms with van der Waals surface area (Å²) in [5, 5.41) is 3.55. The van der Waals surface area contributed by atoms with Crippen LogP contribution >= 0.6 is 0 Å². The third-order valence-corrected chi connectivity index (χ3v) is 4.28. The molecule has 3 heteroatoms. The normalized spacial score (nSPS) is 19.0. The molecule has 1 fully saturated rings. The van der Waals surface area contributed by atoms with E-state index in [4.69, 9.17) is 9.47 Å². The molecule has 0 unspecified atom stereocenters. The molecule has 1 saturated carbocycles. The lowest BCUT2D eigenvalue weighted by Crippen LogP contribution is -2.31. The summed E-state index contributed by atoms with van der Waals surface area (Å²) in [5.74, 6) is 0. The van der Waals surface area contributed by atoms with Gasteiger partial charge in [0.1, 0.15) is 0 Å². The van der Waals surface area contributed by atoms with Crippen LogP contribution < -0.4 is 5.32 Å². The molecule has 0 heterocycles. The van der Waals surface area contributed by atoms with Crippen molar-refractivity contribution in [2.24, 2.45) is 5.41 Å². The van der Waals surface area contributed by atoms with Gasteiger partial charge in [0, 0.05) is 27.4 Å². The van der Waals surface area contributed by atoms with Crippen LogP contribution in [0.1, 0.15) is 51.4 Å². The van der Waals surface area contributed by atoms with E-state index in [1.54, 1.807) is 7.11 Å². The molecule has 0 radical (unpaired) electrons. The summed E-state index contributed by atoms with van der Waals surface area (Å²) in [5.41, 5.74) is 0.558. The van der Waals surface area contributed by atoms with Crippen molar-refractivity contribution >= 4 is 0 Å². The monoisotopic (exact) mass is 257 g/mol. The fraction of sp³-hybridized carbons (Fsp3) is 1.00. The third-order valence-electron chi connectivity index (χ3n) is 4.28. The first-order valence-electron chi connectivity index (χ1n) is 7.52. The molecule has 0 atom stereocenters. The van der Waals surface area contributed by atoms with E-state index in [0.717, 1.165) is 32.7 Å². The minimum Gasteiger partial charge on any atom is -0.385 e. The van der Waals surface area contributed by atoms with E-state index < -0.39 is 0 Å². The number of nitrogens with one attached hydrogen (secondary N) is 1. The second-order valence-electron chi connectivity index (χ2n) is 5.65. The minimum atomic E-state index is 0.558. The van der Waals surface area contributed by atoms with E-state index in [0.29, 0.717) is 5.41 Å². The molecule has 18 heavy (non-hydrogen) atoms. The van der Waals surface area contributed by atoms with Crippen molar-refractivity contribution in [1.29, 1.82) is 0 Å². The van der Waals surface area contributed by atoms with E-state index in [-0.39, 0.29) is 0 Å². The van der Waals surface area contributed by atoms with Crippen LogP contribution in [0.4, 0.5) is 0 Å². The lowest BCUT2D eigenvalue weighted by molar-refractivity contribution is 0.0944. The Morgan fingerprint density at radius 2 is 1.61 bits per heavy atom. The van der Waals surface area contributed by atoms with Crippen molar-refractivity contribution in [1.82, 2.24) is 5.32 Å². The maximum absolute atomic E-state index is 5.29. The van der Waals surface area contributed by atoms with Crippen LogP contribution in [-0.2, 0) is 9.47 Å². The van der Waals surface area contributed by atoms with Gasteiger partial charge in [0.15, 0.2) is 0 Å². The van der Waals surface area contributed by atoms with Crippen molar-refractivity contribution in [2.45, 2.75) is 51.4 Å². The smallest absolute Gasteiger partial charge is 0.0474 e. The standard InChI is InChI=1S/C15H31NO2/c1-17-13-6-11-16-12-9-15(10-14-18-2)7-4-3-5-8-15/h16H,3-14H2,1-2H3. The summed E-state index contributed by atoms with van der Waals surface area (Å²) in [7, 11) is 3.58. The van der Waals surface area contributed by atoms with Crippen LogP contribution in [0.15, 0.2) is 0 Å². The van der Waals surface area contributed by atoms with Gasteiger partial charge in [-0.05, 0) is 50.6 Å². The van der Waals surface area contributed by atoms with Crippen LogP contribution in [0.2, 0.25) is 0 Å². The van der Waals surface area contributed by atoms with E-state index in [1.165, 1.54) is 44.9 Å². The first-order valence-corrected chi connectivity index (χ1v) is 7.52. The Morgan fingerprint density at radius 3 is 2.28 bits per heavy atom. The molecule has 0 aromatic heterocycles. The van der Waals surface area contributed by atoms with Crippen molar-refractivity contribution in [2.75, 3.05) is 40.5 Å². The Kier molecular flexibility index (Phi) is 8.64. The van der Waals surface area contributed by atoms with Crippen LogP contribution in [0.25, 0.3) is 0 Å². The van der Waals surface area contributed by atoms with Gasteiger partial charge in [-0.1, -0.05) is 19.3 Å². The van der Waals surface area contributed by atoms with Crippen LogP contribution in [0.5, 0.6) is 0 Å². The van der Waals surface area contributed by atoms with Crippen LogP contribution in [0, 0.1) is 5.41 Å². The molecule has 0 amide bonds. The molecule has 1 aliphatic rings. The average molecular weight is 257 g/mol. The lowest BCUT2D eigenvalue weighted by atomic mass is 9.70. The first kappa shape index (κ1) is 15.9. The van der Waals surface area contributed by atoms with Gasteiger partial charge >= 0.3 is 0 Å². The maximum Gasteiger partial charge on any atom is 0.0474 e. The Labute approximate surface area is 113 Å². The number of ether oxygens (including phenoxy) is 2. The average Bonchev–Trinajstić information content (AvgIpc) is 2.42. The van der Waals surface area contributed by atoms with Gasteiger partial charge in [-0.3, -0.25) is 0 Å². The molecule has 3 nitrogen and oxygen atoms in total. The minimum absolute atomic E-state index is 0.558. The van der Waals surface area contributed by atoms with Gasteiger partial charge in [0.25, 0.3) is 0 Å². The number of hydrogen-bond acceptors (Lipinski definition) is 3. The molecule has 1 N–H and O–H groups in total. The van der Waals surface area contributed by atoms with Gasteiger partial charge in [-0.2, -0.15) is 0 Å². The van der Waals surface area contributed by atoms with Crippen LogP contribution in [0.3, 0.4) is 0 Å². The number of rotatable bonds is 10. The van der Waals surface area contributed by atoms with Gasteiger partial charge in [-0.25, -0.2) is 0 Å². The van der Waals surface area contributed by atoms with E-state index in [1.807, 2.05) is 7.11 Å². The highest BCUT2D eigenvalue weighted by molar-refractivity contribution is 4.83. The highest BCUT2D eigenvalue weighted by atomic mass is 16.5. The zero-order valence-corrected chi connectivity index (χ0v) is 12.3. The molecular formula is C15H31NO2. The maximum atomic E-state index is 5.29. The quantitative estimate of drug-likeness (QED) is 0.610. The number of hydrogen-bond donors (Lipinski definition) is 1. The van der Waals surface area contributed by atoms with Crippen molar-refractivity contribution in [3.8, 4) is 0 Å². The summed E-state index contributed by atoms with van der Waals surface area (Å²) < 4.78 is 10.3. The molecule has 0 spiro atoms. The summed E-state index contributed by atoms with van der Waals surface area (Å²) in [6.45, 7) is 4.01. The molecule has 0 saturated heterocycles. The van der Waals surface area contributed by atoms with Crippen molar-refractivity contribution < 1.29 is 9.47 Å². The van der Waals surface area contributed by atoms with Crippen molar-refractivity contribution in [3.63, 3.8) is 0 Å². The third kappa shape index (κ3) is 6.17. The van der Waals surface area contributed by atoms with Gasteiger partial charge in [0.05, 0.1) is 0 Å². The molecular weight excluding hydrogens is 226 g/mol. The Hall–Kier alpha value is -0.120. The second-order valence-corrected chi connectivity index (χ2v) is 5.65. The van der Waals surface area contributed by atoms with Crippen molar-refractivity contribution in [3.05, 3.63) is 0 Å². The van der Waals surface area contributed by atoms with E-state index >= 15 is 0 Å². The summed E-state index contributed by atoms with van der Waals surface area (Å²) >= 11 is 0. The van der Waals surface area contributed by atoms with Crippen LogP contribution in [-0.4, -0.2) is 40.5 Å². The molecule has 1 rings (SSSR count). The highest BCUT2D eigenvalue weighted by Gasteiger charge is 2.30. The molecule has 1 aliphatic carbocycles. The van der Waals surface area contributed by atoms with E-state index in [9.17, 15) is 0 Å². The Bertz CT molecular complexity index is 191. The summed E-state index contributed by atoms with van der Waals surface area (Å²) in [4.78, 5) is 0. The largest absolute Gasteiger partial charge is 0.385 e. The zero-order chi connectivity index (χ0) is 13.1. The first-order chi connectivity index (χ1) is 8.83. The molecule has 0 aromatic rings.